The molecule has 0 fully saturated rings. The van der Waals surface area contributed by atoms with Crippen LogP contribution in [0.4, 0.5) is 0 Å². The van der Waals surface area contributed by atoms with Crippen molar-refractivity contribution in [2.24, 2.45) is 0 Å². The lowest BCUT2D eigenvalue weighted by molar-refractivity contribution is -0.141. The van der Waals surface area contributed by atoms with Gasteiger partial charge in [-0.3, -0.25) is 4.79 Å². The number of hydrogen-bond acceptors (Lipinski definition) is 4. The number of sulfonamides is 1. The van der Waals surface area contributed by atoms with E-state index in [1.54, 1.807) is 48.5 Å². The van der Waals surface area contributed by atoms with Gasteiger partial charge in [0, 0.05) is 13.5 Å². The molecule has 0 radical (unpaired) electrons. The van der Waals surface area contributed by atoms with Crippen LogP contribution in [0.5, 0.6) is 11.5 Å². The highest BCUT2D eigenvalue weighted by atomic mass is 32.2. The first-order valence-corrected chi connectivity index (χ1v) is 10.8. The lowest BCUT2D eigenvalue weighted by Crippen LogP contribution is -2.43. The molecule has 0 aromatic heterocycles. The van der Waals surface area contributed by atoms with Crippen molar-refractivity contribution in [3.63, 3.8) is 0 Å². The normalized spacial score (nSPS) is 12.5. The number of benzene rings is 3. The van der Waals surface area contributed by atoms with E-state index in [0.29, 0.717) is 17.1 Å². The molecule has 3 rings (SSSR count). The van der Waals surface area contributed by atoms with Gasteiger partial charge < -0.3 is 9.84 Å². The van der Waals surface area contributed by atoms with E-state index in [1.165, 1.54) is 19.2 Å². The smallest absolute Gasteiger partial charge is 0.322 e. The minimum Gasteiger partial charge on any atom is -0.480 e. The lowest BCUT2D eigenvalue weighted by Gasteiger charge is -2.25. The van der Waals surface area contributed by atoms with Crippen LogP contribution in [0, 0.1) is 6.92 Å². The van der Waals surface area contributed by atoms with Crippen molar-refractivity contribution in [1.29, 1.82) is 0 Å². The zero-order valence-electron chi connectivity index (χ0n) is 16.7. The van der Waals surface area contributed by atoms with Crippen LogP contribution in [0.25, 0.3) is 0 Å². The van der Waals surface area contributed by atoms with Crippen molar-refractivity contribution < 1.29 is 23.1 Å². The summed E-state index contributed by atoms with van der Waals surface area (Å²) in [4.78, 5) is 12.1. The van der Waals surface area contributed by atoms with E-state index >= 15 is 0 Å². The van der Waals surface area contributed by atoms with Gasteiger partial charge in [-0.05, 0) is 42.8 Å². The predicted octanol–water partition coefficient (Wildman–Crippen LogP) is 4.10. The molecule has 156 valence electrons. The van der Waals surface area contributed by atoms with E-state index in [-0.39, 0.29) is 11.3 Å². The number of aryl methyl sites for hydroxylation is 1. The number of carboxylic acid groups (broad SMARTS) is 1. The van der Waals surface area contributed by atoms with E-state index in [4.69, 9.17) is 4.74 Å². The largest absolute Gasteiger partial charge is 0.480 e. The minimum atomic E-state index is -3.98. The first-order chi connectivity index (χ1) is 14.3. The summed E-state index contributed by atoms with van der Waals surface area (Å²) in [6.45, 7) is 1.85. The molecule has 0 heterocycles. The average molecular weight is 426 g/mol. The molecule has 1 atom stereocenters. The molecule has 6 nitrogen and oxygen atoms in total. The molecule has 0 amide bonds. The van der Waals surface area contributed by atoms with Crippen molar-refractivity contribution in [3.05, 3.63) is 90.0 Å². The molecule has 7 heteroatoms. The van der Waals surface area contributed by atoms with Gasteiger partial charge in [0.05, 0.1) is 4.90 Å². The van der Waals surface area contributed by atoms with Crippen molar-refractivity contribution in [2.75, 3.05) is 7.05 Å². The molecule has 1 N–H and O–H groups in total. The number of hydrogen-bond donors (Lipinski definition) is 1. The fourth-order valence-corrected chi connectivity index (χ4v) is 4.32. The van der Waals surface area contributed by atoms with Gasteiger partial charge in [0.2, 0.25) is 10.0 Å². The van der Waals surface area contributed by atoms with Crippen LogP contribution in [-0.4, -0.2) is 36.9 Å². The molecule has 0 bridgehead atoms. The average Bonchev–Trinajstić information content (AvgIpc) is 2.73. The molecule has 0 aliphatic carbocycles. The van der Waals surface area contributed by atoms with Crippen LogP contribution in [0.15, 0.2) is 83.8 Å². The highest BCUT2D eigenvalue weighted by Crippen LogP contribution is 2.28. The number of rotatable bonds is 8. The summed E-state index contributed by atoms with van der Waals surface area (Å²) >= 11 is 0. The highest BCUT2D eigenvalue weighted by Gasteiger charge is 2.33. The van der Waals surface area contributed by atoms with Crippen molar-refractivity contribution in [1.82, 2.24) is 4.31 Å². The summed E-state index contributed by atoms with van der Waals surface area (Å²) in [5.74, 6) is -0.142. The molecule has 3 aromatic rings. The van der Waals surface area contributed by atoms with Crippen LogP contribution in [0.1, 0.15) is 11.1 Å². The second-order valence-corrected chi connectivity index (χ2v) is 8.91. The number of aliphatic carboxylic acids is 1. The Labute approximate surface area is 176 Å². The number of ether oxygens (including phenoxy) is 1. The van der Waals surface area contributed by atoms with Crippen molar-refractivity contribution in [2.45, 2.75) is 24.3 Å². The van der Waals surface area contributed by atoms with Gasteiger partial charge in [-0.1, -0.05) is 54.1 Å². The first-order valence-electron chi connectivity index (χ1n) is 9.37. The summed E-state index contributed by atoms with van der Waals surface area (Å²) in [5.41, 5.74) is 1.51. The molecular weight excluding hydrogens is 402 g/mol. The maximum Gasteiger partial charge on any atom is 0.322 e. The van der Waals surface area contributed by atoms with E-state index in [1.807, 2.05) is 25.1 Å². The number of nitrogens with zero attached hydrogens (tertiary/aromatic N) is 1. The standard InChI is InChI=1S/C23H23NO5S/c1-17-12-14-20(15-13-17)30(27,28)24(2)21(23(25)26)16-18-8-6-7-11-22(18)29-19-9-4-3-5-10-19/h3-15,21H,16H2,1-2H3,(H,25,26)/t21-/m0/s1. The van der Waals surface area contributed by atoms with E-state index in [9.17, 15) is 18.3 Å². The minimum absolute atomic E-state index is 0.0417. The molecule has 0 unspecified atom stereocenters. The van der Waals surface area contributed by atoms with Crippen LogP contribution >= 0.6 is 0 Å². The monoisotopic (exact) mass is 425 g/mol. The van der Waals surface area contributed by atoms with E-state index in [2.05, 4.69) is 0 Å². The summed E-state index contributed by atoms with van der Waals surface area (Å²) in [7, 11) is -2.69. The Morgan fingerprint density at radius 3 is 2.20 bits per heavy atom. The van der Waals surface area contributed by atoms with Crippen molar-refractivity contribution >= 4 is 16.0 Å². The Morgan fingerprint density at radius 1 is 0.967 bits per heavy atom. The number of para-hydroxylation sites is 2. The molecule has 0 saturated heterocycles. The molecule has 0 saturated carbocycles. The third-order valence-electron chi connectivity index (χ3n) is 4.78. The van der Waals surface area contributed by atoms with Crippen LogP contribution in [0.3, 0.4) is 0 Å². The Hall–Kier alpha value is -3.16. The quantitative estimate of drug-likeness (QED) is 0.587. The topological polar surface area (TPSA) is 83.9 Å². The molecular formula is C23H23NO5S. The van der Waals surface area contributed by atoms with Crippen LogP contribution in [-0.2, 0) is 21.2 Å². The maximum atomic E-state index is 13.0. The second kappa shape index (κ2) is 9.11. The zero-order valence-corrected chi connectivity index (χ0v) is 17.5. The molecule has 3 aromatic carbocycles. The maximum absolute atomic E-state index is 13.0. The Kier molecular flexibility index (Phi) is 6.54. The van der Waals surface area contributed by atoms with Gasteiger partial charge in [0.15, 0.2) is 0 Å². The van der Waals surface area contributed by atoms with Gasteiger partial charge in [-0.25, -0.2) is 8.42 Å². The predicted molar refractivity (Wildman–Crippen MR) is 114 cm³/mol. The van der Waals surface area contributed by atoms with Crippen LogP contribution in [0.2, 0.25) is 0 Å². The Balaban J connectivity index is 1.89. The van der Waals surface area contributed by atoms with Crippen LogP contribution < -0.4 is 4.74 Å². The fraction of sp³-hybridized carbons (Fsp3) is 0.174. The first kappa shape index (κ1) is 21.5. The van der Waals surface area contributed by atoms with Crippen molar-refractivity contribution in [3.8, 4) is 11.5 Å². The SMILES string of the molecule is Cc1ccc(S(=O)(=O)N(C)[C@@H](Cc2ccccc2Oc2ccccc2)C(=O)O)cc1. The third kappa shape index (κ3) is 4.87. The summed E-state index contributed by atoms with van der Waals surface area (Å²) in [5, 5.41) is 9.79. The summed E-state index contributed by atoms with van der Waals surface area (Å²) in [6, 6.07) is 21.2. The van der Waals surface area contributed by atoms with Gasteiger partial charge in [0.25, 0.3) is 0 Å². The Bertz CT molecular complexity index is 1110. The Morgan fingerprint density at radius 2 is 1.57 bits per heavy atom. The fourth-order valence-electron chi connectivity index (χ4n) is 3.01. The molecule has 0 spiro atoms. The molecule has 0 aliphatic heterocycles. The highest BCUT2D eigenvalue weighted by molar-refractivity contribution is 7.89. The number of carbonyl (C=O) groups is 1. The zero-order chi connectivity index (χ0) is 21.7. The van der Waals surface area contributed by atoms with Gasteiger partial charge in [0.1, 0.15) is 17.5 Å². The summed E-state index contributed by atoms with van der Waals surface area (Å²) in [6.07, 6.45) is -0.0417. The lowest BCUT2D eigenvalue weighted by atomic mass is 10.1. The molecule has 30 heavy (non-hydrogen) atoms. The number of likely N-dealkylation sites (N-methyl/N-ethyl adjacent to an activating group) is 1. The van der Waals surface area contributed by atoms with Gasteiger partial charge in [-0.15, -0.1) is 0 Å². The summed E-state index contributed by atoms with van der Waals surface area (Å²) < 4.78 is 32.8. The third-order valence-corrected chi connectivity index (χ3v) is 6.66. The number of carboxylic acids is 1. The second-order valence-electron chi connectivity index (χ2n) is 6.92. The van der Waals surface area contributed by atoms with E-state index < -0.39 is 22.0 Å². The van der Waals surface area contributed by atoms with E-state index in [0.717, 1.165) is 9.87 Å². The molecule has 0 aliphatic rings. The van der Waals surface area contributed by atoms with Gasteiger partial charge >= 0.3 is 5.97 Å². The van der Waals surface area contributed by atoms with Gasteiger partial charge in [-0.2, -0.15) is 4.31 Å².